The highest BCUT2D eigenvalue weighted by molar-refractivity contribution is 7.14. The fourth-order valence-corrected chi connectivity index (χ4v) is 3.52. The summed E-state index contributed by atoms with van der Waals surface area (Å²) in [4.78, 5) is 18.5. The highest BCUT2D eigenvalue weighted by Crippen LogP contribution is 2.27. The number of aromatic nitrogens is 2. The summed E-state index contributed by atoms with van der Waals surface area (Å²) in [5.41, 5.74) is 3.10. The third-order valence-corrected chi connectivity index (χ3v) is 4.62. The van der Waals surface area contributed by atoms with Crippen LogP contribution in [0.25, 0.3) is 22.4 Å². The number of nitrogens with zero attached hydrogens (tertiary/aromatic N) is 1. The molecular formula is C15H16N4O2S. The standard InChI is InChI=1S/C15H16N4O2S/c20-15-19-11-4-3-9(6-13(11)21-15)12-8-22-14(18-12)17-10-2-1-5-16-7-10/h3-4,6,8,10,16H,1-2,5,7H2,(H,17,18)(H,19,20). The van der Waals surface area contributed by atoms with E-state index in [-0.39, 0.29) is 0 Å². The summed E-state index contributed by atoms with van der Waals surface area (Å²) in [6, 6.07) is 6.06. The van der Waals surface area contributed by atoms with Crippen LogP contribution in [0.15, 0.2) is 32.8 Å². The number of thiazole rings is 1. The van der Waals surface area contributed by atoms with Crippen molar-refractivity contribution in [2.45, 2.75) is 18.9 Å². The molecule has 1 aliphatic rings. The number of benzene rings is 1. The van der Waals surface area contributed by atoms with Crippen molar-refractivity contribution in [1.82, 2.24) is 15.3 Å². The normalized spacial score (nSPS) is 18.6. The van der Waals surface area contributed by atoms with Gasteiger partial charge in [-0.25, -0.2) is 9.78 Å². The quantitative estimate of drug-likeness (QED) is 0.691. The summed E-state index contributed by atoms with van der Waals surface area (Å²) in [5.74, 6) is -0.433. The van der Waals surface area contributed by atoms with Gasteiger partial charge in [-0.2, -0.15) is 0 Å². The lowest BCUT2D eigenvalue weighted by atomic mass is 10.1. The Morgan fingerprint density at radius 2 is 2.36 bits per heavy atom. The molecule has 1 atom stereocenters. The molecule has 0 aliphatic carbocycles. The molecule has 4 rings (SSSR count). The van der Waals surface area contributed by atoms with Gasteiger partial charge in [-0.15, -0.1) is 11.3 Å². The van der Waals surface area contributed by atoms with Gasteiger partial charge in [0, 0.05) is 23.5 Å². The van der Waals surface area contributed by atoms with Crippen molar-refractivity contribution in [2.24, 2.45) is 0 Å². The average Bonchev–Trinajstić information content (AvgIpc) is 3.13. The number of H-pyrrole nitrogens is 1. The molecule has 0 bridgehead atoms. The molecule has 1 aromatic carbocycles. The molecule has 3 aromatic rings. The molecule has 0 radical (unpaired) electrons. The minimum atomic E-state index is -0.433. The third-order valence-electron chi connectivity index (χ3n) is 3.85. The van der Waals surface area contributed by atoms with Crippen molar-refractivity contribution < 1.29 is 4.42 Å². The van der Waals surface area contributed by atoms with Gasteiger partial charge >= 0.3 is 5.76 Å². The van der Waals surface area contributed by atoms with Gasteiger partial charge in [0.2, 0.25) is 0 Å². The van der Waals surface area contributed by atoms with Crippen LogP contribution in [0.3, 0.4) is 0 Å². The number of rotatable bonds is 3. The minimum Gasteiger partial charge on any atom is -0.408 e. The van der Waals surface area contributed by atoms with Crippen molar-refractivity contribution in [1.29, 1.82) is 0 Å². The predicted octanol–water partition coefficient (Wildman–Crippen LogP) is 2.41. The molecule has 6 nitrogen and oxygen atoms in total. The Balaban J connectivity index is 1.57. The molecule has 1 unspecified atom stereocenters. The van der Waals surface area contributed by atoms with Gasteiger partial charge in [-0.3, -0.25) is 4.98 Å². The van der Waals surface area contributed by atoms with E-state index in [1.807, 2.05) is 23.6 Å². The molecule has 114 valence electrons. The van der Waals surface area contributed by atoms with Crippen LogP contribution in [0, 0.1) is 0 Å². The maximum Gasteiger partial charge on any atom is 0.417 e. The second-order valence-electron chi connectivity index (χ2n) is 5.45. The fourth-order valence-electron chi connectivity index (χ4n) is 2.73. The third kappa shape index (κ3) is 2.65. The second-order valence-corrected chi connectivity index (χ2v) is 6.31. The maximum atomic E-state index is 11.2. The number of hydrogen-bond acceptors (Lipinski definition) is 6. The van der Waals surface area contributed by atoms with Crippen LogP contribution in [-0.2, 0) is 0 Å². The second kappa shape index (κ2) is 5.58. The number of oxazole rings is 1. The van der Waals surface area contributed by atoms with E-state index in [4.69, 9.17) is 4.42 Å². The Labute approximate surface area is 130 Å². The smallest absolute Gasteiger partial charge is 0.408 e. The number of fused-ring (bicyclic) bond motifs is 1. The van der Waals surface area contributed by atoms with E-state index in [2.05, 4.69) is 20.6 Å². The van der Waals surface area contributed by atoms with Crippen LogP contribution in [0.1, 0.15) is 12.8 Å². The summed E-state index contributed by atoms with van der Waals surface area (Å²) in [6.45, 7) is 2.08. The predicted molar refractivity (Wildman–Crippen MR) is 87.5 cm³/mol. The van der Waals surface area contributed by atoms with Crippen LogP contribution in [0.2, 0.25) is 0 Å². The molecule has 1 aliphatic heterocycles. The fraction of sp³-hybridized carbons (Fsp3) is 0.333. The number of aromatic amines is 1. The summed E-state index contributed by atoms with van der Waals surface area (Å²) >= 11 is 1.60. The lowest BCUT2D eigenvalue weighted by Gasteiger charge is -2.23. The van der Waals surface area contributed by atoms with Crippen molar-refractivity contribution in [3.63, 3.8) is 0 Å². The van der Waals surface area contributed by atoms with E-state index in [1.165, 1.54) is 12.8 Å². The molecule has 0 amide bonds. The summed E-state index contributed by atoms with van der Waals surface area (Å²) < 4.78 is 5.10. The molecule has 0 spiro atoms. The molecule has 0 saturated carbocycles. The van der Waals surface area contributed by atoms with E-state index >= 15 is 0 Å². The zero-order valence-electron chi connectivity index (χ0n) is 11.9. The van der Waals surface area contributed by atoms with Gasteiger partial charge in [0.1, 0.15) is 0 Å². The van der Waals surface area contributed by atoms with Crippen LogP contribution in [0.4, 0.5) is 5.13 Å². The largest absolute Gasteiger partial charge is 0.417 e. The molecule has 7 heteroatoms. The van der Waals surface area contributed by atoms with Gasteiger partial charge < -0.3 is 15.1 Å². The molecule has 1 fully saturated rings. The van der Waals surface area contributed by atoms with E-state index in [9.17, 15) is 4.79 Å². The van der Waals surface area contributed by atoms with Crippen LogP contribution < -0.4 is 16.4 Å². The zero-order valence-corrected chi connectivity index (χ0v) is 12.7. The molecule has 3 heterocycles. The average molecular weight is 316 g/mol. The molecule has 1 saturated heterocycles. The first kappa shape index (κ1) is 13.5. The SMILES string of the molecule is O=c1[nH]c2ccc(-c3csc(NC4CCCNC4)n3)cc2o1. The van der Waals surface area contributed by atoms with Gasteiger partial charge in [-0.1, -0.05) is 6.07 Å². The highest BCUT2D eigenvalue weighted by Gasteiger charge is 2.14. The summed E-state index contributed by atoms with van der Waals surface area (Å²) in [6.07, 6.45) is 2.36. The van der Waals surface area contributed by atoms with Gasteiger partial charge in [0.25, 0.3) is 0 Å². The lowest BCUT2D eigenvalue weighted by molar-refractivity contribution is 0.480. The van der Waals surface area contributed by atoms with Crippen LogP contribution in [0.5, 0.6) is 0 Å². The molecule has 22 heavy (non-hydrogen) atoms. The van der Waals surface area contributed by atoms with Gasteiger partial charge in [0.05, 0.1) is 11.2 Å². The molecule has 3 N–H and O–H groups in total. The summed E-state index contributed by atoms with van der Waals surface area (Å²) in [5, 5.41) is 9.81. The van der Waals surface area contributed by atoms with Crippen molar-refractivity contribution in [2.75, 3.05) is 18.4 Å². The maximum absolute atomic E-state index is 11.2. The summed E-state index contributed by atoms with van der Waals surface area (Å²) in [7, 11) is 0. The Bertz CT molecular complexity index is 844. The topological polar surface area (TPSA) is 83.0 Å². The Morgan fingerprint density at radius 1 is 1.41 bits per heavy atom. The van der Waals surface area contributed by atoms with E-state index in [0.29, 0.717) is 17.1 Å². The zero-order chi connectivity index (χ0) is 14.9. The Kier molecular flexibility index (Phi) is 3.44. The van der Waals surface area contributed by atoms with Crippen LogP contribution >= 0.6 is 11.3 Å². The van der Waals surface area contributed by atoms with Crippen molar-refractivity contribution in [3.05, 3.63) is 34.1 Å². The first-order valence-corrected chi connectivity index (χ1v) is 8.22. The number of anilines is 1. The first-order valence-electron chi connectivity index (χ1n) is 7.34. The van der Waals surface area contributed by atoms with E-state index in [1.54, 1.807) is 11.3 Å². The van der Waals surface area contributed by atoms with E-state index < -0.39 is 5.76 Å². The number of hydrogen-bond donors (Lipinski definition) is 3. The van der Waals surface area contributed by atoms with Crippen LogP contribution in [-0.4, -0.2) is 29.1 Å². The number of piperidine rings is 1. The first-order chi connectivity index (χ1) is 10.8. The Hall–Kier alpha value is -2.12. The van der Waals surface area contributed by atoms with E-state index in [0.717, 1.165) is 29.5 Å². The monoisotopic (exact) mass is 316 g/mol. The lowest BCUT2D eigenvalue weighted by Crippen LogP contribution is -2.38. The molecule has 2 aromatic heterocycles. The minimum absolute atomic E-state index is 0.433. The molecular weight excluding hydrogens is 300 g/mol. The van der Waals surface area contributed by atoms with Gasteiger partial charge in [0.15, 0.2) is 10.7 Å². The van der Waals surface area contributed by atoms with Gasteiger partial charge in [-0.05, 0) is 31.5 Å². The highest BCUT2D eigenvalue weighted by atomic mass is 32.1. The van der Waals surface area contributed by atoms with Crippen molar-refractivity contribution >= 4 is 27.6 Å². The Morgan fingerprint density at radius 3 is 3.23 bits per heavy atom. The van der Waals surface area contributed by atoms with Crippen molar-refractivity contribution in [3.8, 4) is 11.3 Å². The number of nitrogens with one attached hydrogen (secondary N) is 3.